The van der Waals surface area contributed by atoms with E-state index in [0.717, 1.165) is 37.0 Å². The van der Waals surface area contributed by atoms with Crippen molar-refractivity contribution in [3.8, 4) is 5.75 Å². The van der Waals surface area contributed by atoms with Crippen molar-refractivity contribution in [2.24, 2.45) is 17.0 Å². The maximum Gasteiger partial charge on any atom is 0.303 e. The van der Waals surface area contributed by atoms with Crippen molar-refractivity contribution in [2.45, 2.75) is 88.9 Å². The predicted octanol–water partition coefficient (Wildman–Crippen LogP) is 4.33. The van der Waals surface area contributed by atoms with Crippen LogP contribution in [0.2, 0.25) is 0 Å². The highest BCUT2D eigenvalue weighted by atomic mass is 16.5. The molecule has 1 aliphatic rings. The third-order valence-electron chi connectivity index (χ3n) is 6.61. The second-order valence-electron chi connectivity index (χ2n) is 8.73. The van der Waals surface area contributed by atoms with Crippen LogP contribution in [0.15, 0.2) is 29.4 Å². The molecule has 0 heterocycles. The first-order chi connectivity index (χ1) is 15.0. The van der Waals surface area contributed by atoms with Crippen LogP contribution in [0.5, 0.6) is 5.75 Å². The van der Waals surface area contributed by atoms with E-state index < -0.39 is 24.2 Å². The Morgan fingerprint density at radius 3 is 2.58 bits per heavy atom. The zero-order chi connectivity index (χ0) is 22.6. The average molecular weight is 436 g/mol. The number of carboxylic acids is 1. The number of nitroso groups, excluding NO2 is 1. The van der Waals surface area contributed by atoms with E-state index in [9.17, 15) is 19.9 Å². The molecule has 31 heavy (non-hydrogen) atoms. The van der Waals surface area contributed by atoms with Crippen LogP contribution in [0.1, 0.15) is 69.8 Å². The molecule has 0 aliphatic heterocycles. The summed E-state index contributed by atoms with van der Waals surface area (Å²) in [5.41, 5.74) is 1.06. The number of aliphatic carboxylic acids is 1. The van der Waals surface area contributed by atoms with Gasteiger partial charge in [0.25, 0.3) is 0 Å². The van der Waals surface area contributed by atoms with Crippen molar-refractivity contribution in [2.75, 3.05) is 7.11 Å². The van der Waals surface area contributed by atoms with Gasteiger partial charge in [0, 0.05) is 6.42 Å². The summed E-state index contributed by atoms with van der Waals surface area (Å²) in [5.74, 6) is 0.0636. The number of rotatable bonds is 15. The van der Waals surface area contributed by atoms with Gasteiger partial charge in [-0.15, -0.1) is 0 Å². The Morgan fingerprint density at radius 1 is 1.13 bits per heavy atom. The van der Waals surface area contributed by atoms with Crippen LogP contribution in [0.4, 0.5) is 0 Å². The van der Waals surface area contributed by atoms with Crippen LogP contribution in [-0.4, -0.2) is 46.6 Å². The summed E-state index contributed by atoms with van der Waals surface area (Å²) in [6.45, 7) is 0. The molecule has 0 aromatic heterocycles. The summed E-state index contributed by atoms with van der Waals surface area (Å²) < 4.78 is 5.36. The number of unbranched alkanes of at least 4 members (excludes halogenated alkanes) is 3. The fourth-order valence-corrected chi connectivity index (χ4v) is 4.87. The number of carboxylic acid groups (broad SMARTS) is 1. The Labute approximate surface area is 184 Å². The van der Waals surface area contributed by atoms with Gasteiger partial charge in [0.1, 0.15) is 5.75 Å². The molecule has 1 unspecified atom stereocenters. The van der Waals surface area contributed by atoms with Gasteiger partial charge in [0.2, 0.25) is 0 Å². The van der Waals surface area contributed by atoms with Gasteiger partial charge in [-0.25, -0.2) is 0 Å². The maximum absolute atomic E-state index is 11.3. The van der Waals surface area contributed by atoms with Gasteiger partial charge in [-0.05, 0) is 68.4 Å². The van der Waals surface area contributed by atoms with Crippen molar-refractivity contribution in [3.63, 3.8) is 0 Å². The van der Waals surface area contributed by atoms with Crippen molar-refractivity contribution >= 4 is 5.97 Å². The molecule has 0 bridgehead atoms. The third kappa shape index (κ3) is 8.22. The fraction of sp³-hybridized carbons (Fsp3) is 0.708. The molecular formula is C24H37NO6. The summed E-state index contributed by atoms with van der Waals surface area (Å²) in [6.07, 6.45) is 6.32. The monoisotopic (exact) mass is 435 g/mol. The summed E-state index contributed by atoms with van der Waals surface area (Å²) >= 11 is 0. The van der Waals surface area contributed by atoms with Gasteiger partial charge in [-0.1, -0.05) is 42.6 Å². The molecule has 1 saturated carbocycles. The van der Waals surface area contributed by atoms with Gasteiger partial charge < -0.3 is 20.1 Å². The van der Waals surface area contributed by atoms with Gasteiger partial charge in [0.15, 0.2) is 0 Å². The Balaban J connectivity index is 1.79. The maximum atomic E-state index is 11.3. The van der Waals surface area contributed by atoms with Crippen LogP contribution in [0.3, 0.4) is 0 Å². The number of para-hydroxylation sites is 1. The molecule has 0 saturated heterocycles. The highest BCUT2D eigenvalue weighted by Crippen LogP contribution is 2.41. The molecule has 3 N–H and O–H groups in total. The van der Waals surface area contributed by atoms with E-state index in [4.69, 9.17) is 9.84 Å². The van der Waals surface area contributed by atoms with E-state index in [1.807, 2.05) is 24.3 Å². The first kappa shape index (κ1) is 25.3. The highest BCUT2D eigenvalue weighted by molar-refractivity contribution is 5.66. The number of hydrogen-bond donors (Lipinski definition) is 3. The number of aliphatic hydroxyl groups excluding tert-OH is 2. The molecule has 1 aromatic rings. The molecule has 1 aromatic carbocycles. The number of hydrogen-bond acceptors (Lipinski definition) is 6. The van der Waals surface area contributed by atoms with Crippen LogP contribution >= 0.6 is 0 Å². The van der Waals surface area contributed by atoms with E-state index in [1.54, 1.807) is 7.11 Å². The number of aryl methyl sites for hydroxylation is 1. The Morgan fingerprint density at radius 2 is 1.87 bits per heavy atom. The Kier molecular flexibility index (Phi) is 10.9. The SMILES string of the molecule is COc1ccccc1CC[C@H](O)CC[C@H]1C(N=O)C[C@H](O)[C@@H]1CCCCCCC(=O)O. The van der Waals surface area contributed by atoms with Crippen molar-refractivity contribution in [1.29, 1.82) is 0 Å². The molecule has 1 aliphatic carbocycles. The Hall–Kier alpha value is -1.99. The lowest BCUT2D eigenvalue weighted by molar-refractivity contribution is -0.137. The van der Waals surface area contributed by atoms with Gasteiger partial charge in [-0.3, -0.25) is 4.79 Å². The summed E-state index contributed by atoms with van der Waals surface area (Å²) in [6, 6.07) is 7.39. The van der Waals surface area contributed by atoms with E-state index in [-0.39, 0.29) is 18.3 Å². The topological polar surface area (TPSA) is 116 Å². The van der Waals surface area contributed by atoms with E-state index in [1.165, 1.54) is 0 Å². The lowest BCUT2D eigenvalue weighted by Crippen LogP contribution is -2.23. The van der Waals surface area contributed by atoms with Crippen molar-refractivity contribution in [3.05, 3.63) is 34.7 Å². The number of benzene rings is 1. The minimum Gasteiger partial charge on any atom is -0.496 e. The molecule has 0 radical (unpaired) electrons. The molecule has 174 valence electrons. The van der Waals surface area contributed by atoms with E-state index >= 15 is 0 Å². The summed E-state index contributed by atoms with van der Waals surface area (Å²) in [7, 11) is 1.64. The van der Waals surface area contributed by atoms with E-state index in [2.05, 4.69) is 5.18 Å². The second kappa shape index (κ2) is 13.4. The molecule has 0 amide bonds. The second-order valence-corrected chi connectivity index (χ2v) is 8.73. The number of aliphatic hydroxyl groups is 2. The third-order valence-corrected chi connectivity index (χ3v) is 6.61. The predicted molar refractivity (Wildman–Crippen MR) is 119 cm³/mol. The van der Waals surface area contributed by atoms with Crippen molar-refractivity contribution in [1.82, 2.24) is 0 Å². The number of ether oxygens (including phenoxy) is 1. The van der Waals surface area contributed by atoms with Gasteiger partial charge in [-0.2, -0.15) is 4.91 Å². The smallest absolute Gasteiger partial charge is 0.303 e. The minimum absolute atomic E-state index is 0.00701. The molecule has 0 spiro atoms. The quantitative estimate of drug-likeness (QED) is 0.279. The summed E-state index contributed by atoms with van der Waals surface area (Å²) in [4.78, 5) is 21.9. The normalized spacial score (nSPS) is 24.1. The zero-order valence-electron chi connectivity index (χ0n) is 18.5. The van der Waals surface area contributed by atoms with Crippen LogP contribution in [0.25, 0.3) is 0 Å². The number of methoxy groups -OCH3 is 1. The first-order valence-corrected chi connectivity index (χ1v) is 11.5. The number of nitrogens with zero attached hydrogens (tertiary/aromatic N) is 1. The molecule has 1 fully saturated rings. The van der Waals surface area contributed by atoms with Gasteiger partial charge in [0.05, 0.1) is 25.4 Å². The van der Waals surface area contributed by atoms with Crippen LogP contribution < -0.4 is 4.74 Å². The number of carbonyl (C=O) groups is 1. The molecule has 5 atom stereocenters. The molecule has 7 heteroatoms. The molecular weight excluding hydrogens is 398 g/mol. The minimum atomic E-state index is -0.768. The van der Waals surface area contributed by atoms with Crippen molar-refractivity contribution < 1.29 is 24.9 Å². The highest BCUT2D eigenvalue weighted by Gasteiger charge is 2.42. The van der Waals surface area contributed by atoms with E-state index in [0.29, 0.717) is 38.5 Å². The summed E-state index contributed by atoms with van der Waals surface area (Å²) in [5, 5.41) is 32.9. The van der Waals surface area contributed by atoms with Crippen LogP contribution in [0, 0.1) is 16.7 Å². The van der Waals surface area contributed by atoms with Gasteiger partial charge >= 0.3 is 5.97 Å². The first-order valence-electron chi connectivity index (χ1n) is 11.5. The van der Waals surface area contributed by atoms with Crippen LogP contribution in [-0.2, 0) is 11.2 Å². The lowest BCUT2D eigenvalue weighted by Gasteiger charge is -2.24. The molecule has 2 rings (SSSR count). The zero-order valence-corrected chi connectivity index (χ0v) is 18.5. The lowest BCUT2D eigenvalue weighted by atomic mass is 9.84. The molecule has 7 nitrogen and oxygen atoms in total. The average Bonchev–Trinajstić information content (AvgIpc) is 3.07. The standard InChI is InChI=1S/C24H37NO6/c1-31-23-10-7-6-8-17(23)12-13-18(26)14-15-19-20(22(27)16-21(19)25-30)9-4-2-3-5-11-24(28)29/h6-8,10,18-22,26-27H,2-5,9,11-16H2,1H3,(H,28,29)/t18-,19+,20+,21?,22-/m0/s1. The Bertz CT molecular complexity index is 682. The fourth-order valence-electron chi connectivity index (χ4n) is 4.87. The largest absolute Gasteiger partial charge is 0.496 e.